The first-order chi connectivity index (χ1) is 7.72. The number of carbonyl (C=O) groups is 1. The molecule has 0 radical (unpaired) electrons. The molecule has 2 nitrogen and oxygen atoms in total. The zero-order valence-corrected chi connectivity index (χ0v) is 10.4. The predicted octanol–water partition coefficient (Wildman–Crippen LogP) is 3.54. The maximum Gasteiger partial charge on any atom is 0.220 e. The van der Waals surface area contributed by atoms with Gasteiger partial charge >= 0.3 is 0 Å². The average Bonchev–Trinajstić information content (AvgIpc) is 2.27. The number of hydrogen-bond acceptors (Lipinski definition) is 1. The molecule has 0 saturated heterocycles. The molecule has 1 aromatic rings. The lowest BCUT2D eigenvalue weighted by molar-refractivity contribution is -0.121. The third kappa shape index (κ3) is 5.17. The summed E-state index contributed by atoms with van der Waals surface area (Å²) in [5.74, 6) is 0.119. The predicted molar refractivity (Wildman–Crippen MR) is 67.4 cm³/mol. The van der Waals surface area contributed by atoms with Crippen LogP contribution < -0.4 is 5.32 Å². The lowest BCUT2D eigenvalue weighted by Crippen LogP contribution is -2.22. The molecule has 0 atom stereocenters. The molecule has 0 bridgehead atoms. The Labute approximate surface area is 102 Å². The van der Waals surface area contributed by atoms with E-state index in [9.17, 15) is 4.79 Å². The molecule has 16 heavy (non-hydrogen) atoms. The van der Waals surface area contributed by atoms with E-state index in [0.29, 0.717) is 18.0 Å². The molecule has 0 aliphatic carbocycles. The van der Waals surface area contributed by atoms with Crippen LogP contribution in [-0.4, -0.2) is 5.91 Å². The molecule has 0 heterocycles. The summed E-state index contributed by atoms with van der Waals surface area (Å²) in [6, 6.07) is 7.54. The molecule has 3 heteroatoms. The highest BCUT2D eigenvalue weighted by molar-refractivity contribution is 6.30. The number of benzene rings is 1. The zero-order valence-electron chi connectivity index (χ0n) is 9.63. The first-order valence-electron chi connectivity index (χ1n) is 5.73. The molecule has 0 aromatic heterocycles. The van der Waals surface area contributed by atoms with Crippen LogP contribution in [0.3, 0.4) is 0 Å². The fraction of sp³-hybridized carbons (Fsp3) is 0.462. The summed E-state index contributed by atoms with van der Waals surface area (Å²) < 4.78 is 0. The van der Waals surface area contributed by atoms with Gasteiger partial charge in [-0.1, -0.05) is 43.5 Å². The monoisotopic (exact) mass is 239 g/mol. The Hall–Kier alpha value is -1.02. The van der Waals surface area contributed by atoms with Gasteiger partial charge in [0.05, 0.1) is 0 Å². The zero-order chi connectivity index (χ0) is 11.8. The van der Waals surface area contributed by atoms with Crippen molar-refractivity contribution in [3.8, 4) is 0 Å². The fourth-order valence-electron chi connectivity index (χ4n) is 1.47. The minimum atomic E-state index is 0.119. The van der Waals surface area contributed by atoms with Gasteiger partial charge < -0.3 is 5.32 Å². The van der Waals surface area contributed by atoms with E-state index in [2.05, 4.69) is 12.2 Å². The van der Waals surface area contributed by atoms with Crippen LogP contribution in [0.5, 0.6) is 0 Å². The first-order valence-corrected chi connectivity index (χ1v) is 6.11. The smallest absolute Gasteiger partial charge is 0.220 e. The topological polar surface area (TPSA) is 29.1 Å². The van der Waals surface area contributed by atoms with Crippen LogP contribution in [0.1, 0.15) is 38.2 Å². The van der Waals surface area contributed by atoms with E-state index in [4.69, 9.17) is 11.6 Å². The summed E-state index contributed by atoms with van der Waals surface area (Å²) in [4.78, 5) is 11.4. The lowest BCUT2D eigenvalue weighted by atomic mass is 10.2. The van der Waals surface area contributed by atoms with Gasteiger partial charge in [-0.05, 0) is 24.1 Å². The van der Waals surface area contributed by atoms with E-state index in [-0.39, 0.29) is 5.91 Å². The molecular formula is C13H18ClNO. The standard InChI is InChI=1S/C13H18ClNO/c1-2-3-4-8-13(16)15-10-11-6-5-7-12(14)9-11/h5-7,9H,2-4,8,10H2,1H3,(H,15,16). The SMILES string of the molecule is CCCCCC(=O)NCc1cccc(Cl)c1. The molecule has 1 amide bonds. The number of amides is 1. The highest BCUT2D eigenvalue weighted by Crippen LogP contribution is 2.10. The van der Waals surface area contributed by atoms with Crippen LogP contribution in [0.25, 0.3) is 0 Å². The molecule has 88 valence electrons. The Bertz CT molecular complexity index is 338. The van der Waals surface area contributed by atoms with Crippen LogP contribution in [0.4, 0.5) is 0 Å². The van der Waals surface area contributed by atoms with Gasteiger partial charge in [-0.25, -0.2) is 0 Å². The number of carbonyl (C=O) groups excluding carboxylic acids is 1. The summed E-state index contributed by atoms with van der Waals surface area (Å²) in [6.45, 7) is 2.69. The first kappa shape index (κ1) is 13.0. The fourth-order valence-corrected chi connectivity index (χ4v) is 1.68. The van der Waals surface area contributed by atoms with E-state index in [1.165, 1.54) is 0 Å². The van der Waals surface area contributed by atoms with Gasteiger partial charge in [0.15, 0.2) is 0 Å². The molecular weight excluding hydrogens is 222 g/mol. The summed E-state index contributed by atoms with van der Waals surface area (Å²) in [5, 5.41) is 3.59. The second-order valence-electron chi connectivity index (χ2n) is 3.86. The molecule has 0 unspecified atom stereocenters. The Morgan fingerprint density at radius 1 is 1.38 bits per heavy atom. The van der Waals surface area contributed by atoms with Crippen molar-refractivity contribution in [1.29, 1.82) is 0 Å². The van der Waals surface area contributed by atoms with Crippen molar-refractivity contribution in [2.75, 3.05) is 0 Å². The van der Waals surface area contributed by atoms with Gasteiger partial charge in [-0.15, -0.1) is 0 Å². The van der Waals surface area contributed by atoms with Crippen molar-refractivity contribution in [3.63, 3.8) is 0 Å². The minimum absolute atomic E-state index is 0.119. The molecule has 0 spiro atoms. The highest BCUT2D eigenvalue weighted by atomic mass is 35.5. The summed E-state index contributed by atoms with van der Waals surface area (Å²) in [5.41, 5.74) is 1.04. The van der Waals surface area contributed by atoms with Gasteiger partial charge in [0.25, 0.3) is 0 Å². The highest BCUT2D eigenvalue weighted by Gasteiger charge is 2.00. The Morgan fingerprint density at radius 3 is 2.88 bits per heavy atom. The van der Waals surface area contributed by atoms with Crippen molar-refractivity contribution >= 4 is 17.5 Å². The normalized spacial score (nSPS) is 10.1. The second kappa shape index (κ2) is 7.29. The second-order valence-corrected chi connectivity index (χ2v) is 4.30. The van der Waals surface area contributed by atoms with Crippen LogP contribution in [0.2, 0.25) is 5.02 Å². The van der Waals surface area contributed by atoms with E-state index < -0.39 is 0 Å². The summed E-state index contributed by atoms with van der Waals surface area (Å²) in [6.07, 6.45) is 3.85. The quantitative estimate of drug-likeness (QED) is 0.756. The maximum absolute atomic E-state index is 11.4. The lowest BCUT2D eigenvalue weighted by Gasteiger charge is -2.05. The third-order valence-electron chi connectivity index (χ3n) is 2.39. The van der Waals surface area contributed by atoms with E-state index in [0.717, 1.165) is 24.8 Å². The molecule has 1 rings (SSSR count). The third-order valence-corrected chi connectivity index (χ3v) is 2.62. The van der Waals surface area contributed by atoms with Crippen molar-refractivity contribution in [1.82, 2.24) is 5.32 Å². The van der Waals surface area contributed by atoms with Crippen LogP contribution in [0.15, 0.2) is 24.3 Å². The molecule has 0 aliphatic rings. The van der Waals surface area contributed by atoms with Gasteiger partial charge in [-0.3, -0.25) is 4.79 Å². The minimum Gasteiger partial charge on any atom is -0.352 e. The molecule has 1 N–H and O–H groups in total. The van der Waals surface area contributed by atoms with Gasteiger partial charge in [0.1, 0.15) is 0 Å². The summed E-state index contributed by atoms with van der Waals surface area (Å²) >= 11 is 5.85. The van der Waals surface area contributed by atoms with Gasteiger partial charge in [0, 0.05) is 18.0 Å². The number of unbranched alkanes of at least 4 members (excludes halogenated alkanes) is 2. The van der Waals surface area contributed by atoms with Crippen molar-refractivity contribution in [2.24, 2.45) is 0 Å². The van der Waals surface area contributed by atoms with E-state index in [1.807, 2.05) is 24.3 Å². The van der Waals surface area contributed by atoms with Crippen molar-refractivity contribution < 1.29 is 4.79 Å². The average molecular weight is 240 g/mol. The molecule has 1 aromatic carbocycles. The van der Waals surface area contributed by atoms with Crippen LogP contribution in [0, 0.1) is 0 Å². The van der Waals surface area contributed by atoms with Crippen LogP contribution >= 0.6 is 11.6 Å². The van der Waals surface area contributed by atoms with Crippen LogP contribution in [-0.2, 0) is 11.3 Å². The summed E-state index contributed by atoms with van der Waals surface area (Å²) in [7, 11) is 0. The Balaban J connectivity index is 2.26. The number of rotatable bonds is 6. The Kier molecular flexibility index (Phi) is 5.94. The number of hydrogen-bond donors (Lipinski definition) is 1. The van der Waals surface area contributed by atoms with E-state index >= 15 is 0 Å². The molecule has 0 saturated carbocycles. The largest absolute Gasteiger partial charge is 0.352 e. The van der Waals surface area contributed by atoms with Gasteiger partial charge in [-0.2, -0.15) is 0 Å². The van der Waals surface area contributed by atoms with Crippen molar-refractivity contribution in [2.45, 2.75) is 39.2 Å². The Morgan fingerprint density at radius 2 is 2.19 bits per heavy atom. The van der Waals surface area contributed by atoms with E-state index in [1.54, 1.807) is 0 Å². The number of nitrogens with one attached hydrogen (secondary N) is 1. The molecule has 0 fully saturated rings. The molecule has 0 aliphatic heterocycles. The number of halogens is 1. The van der Waals surface area contributed by atoms with Crippen molar-refractivity contribution in [3.05, 3.63) is 34.9 Å². The maximum atomic E-state index is 11.4. The van der Waals surface area contributed by atoms with Gasteiger partial charge in [0.2, 0.25) is 5.91 Å².